The summed E-state index contributed by atoms with van der Waals surface area (Å²) in [5, 5.41) is 0. The fourth-order valence-electron chi connectivity index (χ4n) is 1.89. The molecule has 0 unspecified atom stereocenters. The molecule has 0 heterocycles. The molecule has 0 spiro atoms. The number of nitrogens with two attached hydrogens (primary N) is 1. The first-order valence-corrected chi connectivity index (χ1v) is 7.94. The standard InChI is InChI=1S/C12H13F3N2O2S2/c13-12(14,15)7-17(9-4-5-9)21(18,19)10-3-1-2-8(6-10)11(16)20/h1-3,6,9H,4-5,7H2,(H2,16,20). The van der Waals surface area contributed by atoms with E-state index < -0.39 is 28.8 Å². The second-order valence-corrected chi connectivity index (χ2v) is 7.12. The van der Waals surface area contributed by atoms with Crippen molar-refractivity contribution in [2.45, 2.75) is 30.0 Å². The molecule has 1 fully saturated rings. The summed E-state index contributed by atoms with van der Waals surface area (Å²) in [6.07, 6.45) is -3.72. The van der Waals surface area contributed by atoms with Crippen LogP contribution in [-0.2, 0) is 10.0 Å². The largest absolute Gasteiger partial charge is 0.402 e. The van der Waals surface area contributed by atoms with Crippen molar-refractivity contribution < 1.29 is 21.6 Å². The van der Waals surface area contributed by atoms with Crippen molar-refractivity contribution in [1.29, 1.82) is 0 Å². The van der Waals surface area contributed by atoms with Crippen molar-refractivity contribution in [1.82, 2.24) is 4.31 Å². The SMILES string of the molecule is NC(=S)c1cccc(S(=O)(=O)N(CC(F)(F)F)C2CC2)c1. The zero-order chi connectivity index (χ0) is 15.8. The van der Waals surface area contributed by atoms with Crippen LogP contribution in [0.3, 0.4) is 0 Å². The van der Waals surface area contributed by atoms with Crippen molar-refractivity contribution in [3.05, 3.63) is 29.8 Å². The maximum atomic E-state index is 12.6. The van der Waals surface area contributed by atoms with Crippen LogP contribution in [0.15, 0.2) is 29.2 Å². The molecule has 1 aliphatic carbocycles. The molecule has 0 atom stereocenters. The molecule has 4 nitrogen and oxygen atoms in total. The highest BCUT2D eigenvalue weighted by molar-refractivity contribution is 7.89. The minimum absolute atomic E-state index is 0.0131. The molecule has 21 heavy (non-hydrogen) atoms. The van der Waals surface area contributed by atoms with Crippen LogP contribution in [0.4, 0.5) is 13.2 Å². The Hall–Kier alpha value is -1.19. The Labute approximate surface area is 125 Å². The van der Waals surface area contributed by atoms with Crippen molar-refractivity contribution in [3.63, 3.8) is 0 Å². The first-order valence-electron chi connectivity index (χ1n) is 6.10. The summed E-state index contributed by atoms with van der Waals surface area (Å²) in [7, 11) is -4.23. The van der Waals surface area contributed by atoms with E-state index in [4.69, 9.17) is 18.0 Å². The first kappa shape index (κ1) is 16.2. The number of rotatable bonds is 5. The van der Waals surface area contributed by atoms with Crippen LogP contribution in [0, 0.1) is 0 Å². The lowest BCUT2D eigenvalue weighted by Crippen LogP contribution is -2.40. The number of alkyl halides is 3. The van der Waals surface area contributed by atoms with Crippen LogP contribution in [-0.4, -0.2) is 36.5 Å². The molecule has 0 saturated heterocycles. The number of hydrogen-bond acceptors (Lipinski definition) is 3. The predicted molar refractivity (Wildman–Crippen MR) is 75.3 cm³/mol. The smallest absolute Gasteiger partial charge is 0.389 e. The third kappa shape index (κ3) is 3.92. The maximum Gasteiger partial charge on any atom is 0.402 e. The summed E-state index contributed by atoms with van der Waals surface area (Å²) in [4.78, 5) is -0.246. The van der Waals surface area contributed by atoms with Crippen LogP contribution in [0.25, 0.3) is 0 Å². The summed E-state index contributed by atoms with van der Waals surface area (Å²) in [5.41, 5.74) is 5.72. The second-order valence-electron chi connectivity index (χ2n) is 4.79. The third-order valence-electron chi connectivity index (χ3n) is 3.01. The lowest BCUT2D eigenvalue weighted by Gasteiger charge is -2.23. The predicted octanol–water partition coefficient (Wildman–Crippen LogP) is 2.04. The van der Waals surface area contributed by atoms with Crippen LogP contribution in [0.1, 0.15) is 18.4 Å². The van der Waals surface area contributed by atoms with Gasteiger partial charge in [-0.1, -0.05) is 24.4 Å². The maximum absolute atomic E-state index is 12.6. The lowest BCUT2D eigenvalue weighted by atomic mass is 10.2. The lowest BCUT2D eigenvalue weighted by molar-refractivity contribution is -0.137. The molecule has 9 heteroatoms. The molecule has 1 aromatic carbocycles. The summed E-state index contributed by atoms with van der Waals surface area (Å²) < 4.78 is 63.1. The van der Waals surface area contributed by atoms with Crippen molar-refractivity contribution in [2.24, 2.45) is 5.73 Å². The average Bonchev–Trinajstić information content (AvgIpc) is 3.19. The van der Waals surface area contributed by atoms with Crippen molar-refractivity contribution in [2.75, 3.05) is 6.54 Å². The van der Waals surface area contributed by atoms with Gasteiger partial charge in [-0.25, -0.2) is 8.42 Å². The topological polar surface area (TPSA) is 63.4 Å². The Morgan fingerprint density at radius 2 is 2.00 bits per heavy atom. The molecular weight excluding hydrogens is 325 g/mol. The number of halogens is 3. The summed E-state index contributed by atoms with van der Waals surface area (Å²) in [6, 6.07) is 4.75. The van der Waals surface area contributed by atoms with Crippen LogP contribution < -0.4 is 5.73 Å². The van der Waals surface area contributed by atoms with Gasteiger partial charge in [0.2, 0.25) is 10.0 Å². The van der Waals surface area contributed by atoms with E-state index in [9.17, 15) is 21.6 Å². The van der Waals surface area contributed by atoms with Gasteiger partial charge in [0, 0.05) is 11.6 Å². The Balaban J connectivity index is 2.39. The fourth-order valence-corrected chi connectivity index (χ4v) is 3.74. The number of nitrogens with zero attached hydrogens (tertiary/aromatic N) is 1. The van der Waals surface area contributed by atoms with E-state index in [2.05, 4.69) is 0 Å². The molecule has 116 valence electrons. The van der Waals surface area contributed by atoms with E-state index in [1.54, 1.807) is 0 Å². The van der Waals surface area contributed by atoms with Gasteiger partial charge in [-0.05, 0) is 25.0 Å². The quantitative estimate of drug-likeness (QED) is 0.835. The molecule has 0 aromatic heterocycles. The highest BCUT2D eigenvalue weighted by Gasteiger charge is 2.44. The second kappa shape index (κ2) is 5.54. The molecule has 0 aliphatic heterocycles. The van der Waals surface area contributed by atoms with E-state index in [1.807, 2.05) is 0 Å². The van der Waals surface area contributed by atoms with Gasteiger partial charge in [-0.3, -0.25) is 0 Å². The summed E-state index contributed by atoms with van der Waals surface area (Å²) in [5.74, 6) is 0. The van der Waals surface area contributed by atoms with Crippen molar-refractivity contribution >= 4 is 27.2 Å². The van der Waals surface area contributed by atoms with E-state index in [0.717, 1.165) is 0 Å². The Morgan fingerprint density at radius 3 is 2.48 bits per heavy atom. The van der Waals surface area contributed by atoms with E-state index in [-0.39, 0.29) is 9.88 Å². The number of thiocarbonyl (C=S) groups is 1. The number of benzene rings is 1. The van der Waals surface area contributed by atoms with Gasteiger partial charge in [0.05, 0.1) is 4.90 Å². The van der Waals surface area contributed by atoms with Gasteiger partial charge in [0.1, 0.15) is 11.5 Å². The van der Waals surface area contributed by atoms with Gasteiger partial charge in [0.25, 0.3) is 0 Å². The zero-order valence-corrected chi connectivity index (χ0v) is 12.4. The molecule has 1 aliphatic rings. The highest BCUT2D eigenvalue weighted by atomic mass is 32.2. The van der Waals surface area contributed by atoms with Gasteiger partial charge >= 0.3 is 6.18 Å². The molecule has 0 amide bonds. The van der Waals surface area contributed by atoms with Gasteiger partial charge < -0.3 is 5.73 Å². The Bertz CT molecular complexity index is 655. The monoisotopic (exact) mass is 338 g/mol. The minimum atomic E-state index is -4.59. The van der Waals surface area contributed by atoms with E-state index >= 15 is 0 Å². The molecular formula is C12H13F3N2O2S2. The van der Waals surface area contributed by atoms with Crippen LogP contribution in [0.2, 0.25) is 0 Å². The molecule has 2 N–H and O–H groups in total. The molecule has 1 saturated carbocycles. The van der Waals surface area contributed by atoms with Gasteiger partial charge in [0.15, 0.2) is 0 Å². The molecule has 0 bridgehead atoms. The minimum Gasteiger partial charge on any atom is -0.389 e. The zero-order valence-electron chi connectivity index (χ0n) is 10.8. The Kier molecular flexibility index (Phi) is 4.27. The van der Waals surface area contributed by atoms with E-state index in [1.165, 1.54) is 24.3 Å². The molecule has 0 radical (unpaired) electrons. The Morgan fingerprint density at radius 1 is 1.38 bits per heavy atom. The summed E-state index contributed by atoms with van der Waals surface area (Å²) >= 11 is 4.75. The van der Waals surface area contributed by atoms with Crippen LogP contribution >= 0.6 is 12.2 Å². The highest BCUT2D eigenvalue weighted by Crippen LogP contribution is 2.34. The molecule has 1 aromatic rings. The van der Waals surface area contributed by atoms with Gasteiger partial charge in [-0.2, -0.15) is 17.5 Å². The first-order chi connectivity index (χ1) is 9.61. The van der Waals surface area contributed by atoms with Gasteiger partial charge in [-0.15, -0.1) is 0 Å². The third-order valence-corrected chi connectivity index (χ3v) is 5.14. The van der Waals surface area contributed by atoms with Crippen LogP contribution in [0.5, 0.6) is 0 Å². The number of sulfonamides is 1. The average molecular weight is 338 g/mol. The number of hydrogen-bond donors (Lipinski definition) is 1. The van der Waals surface area contributed by atoms with Crippen molar-refractivity contribution in [3.8, 4) is 0 Å². The fraction of sp³-hybridized carbons (Fsp3) is 0.417. The normalized spacial score (nSPS) is 16.2. The molecule has 2 rings (SSSR count). The summed E-state index contributed by atoms with van der Waals surface area (Å²) in [6.45, 7) is -1.49. The van der Waals surface area contributed by atoms with E-state index in [0.29, 0.717) is 22.7 Å².